The molecule has 0 fully saturated rings. The molecule has 0 aliphatic carbocycles. The van der Waals surface area contributed by atoms with Crippen LogP contribution in [0.3, 0.4) is 0 Å². The zero-order valence-electron chi connectivity index (χ0n) is 8.46. The molecule has 1 aromatic rings. The Hall–Kier alpha value is 0.210. The molecule has 3 heteroatoms. The zero-order valence-corrected chi connectivity index (χ0v) is 10.9. The minimum absolute atomic E-state index is 0.590. The van der Waals surface area contributed by atoms with Gasteiger partial charge in [0.2, 0.25) is 0 Å². The standard InChI is InChI=1S/C11H15ClS2/c1-8(2)14-11-5-3-4-10(12)9(11)6-7-13/h3-5,8,13H,6-7H2,1-2H3. The van der Waals surface area contributed by atoms with E-state index in [4.69, 9.17) is 11.6 Å². The fourth-order valence-corrected chi connectivity index (χ4v) is 2.83. The van der Waals surface area contributed by atoms with Crippen LogP contribution < -0.4 is 0 Å². The van der Waals surface area contributed by atoms with Crippen LogP contribution in [-0.4, -0.2) is 11.0 Å². The van der Waals surface area contributed by atoms with Gasteiger partial charge in [0.1, 0.15) is 0 Å². The van der Waals surface area contributed by atoms with E-state index in [-0.39, 0.29) is 0 Å². The zero-order chi connectivity index (χ0) is 10.6. The molecular formula is C11H15ClS2. The number of hydrogen-bond acceptors (Lipinski definition) is 2. The molecule has 1 aromatic carbocycles. The van der Waals surface area contributed by atoms with E-state index in [1.807, 2.05) is 23.9 Å². The second-order valence-corrected chi connectivity index (χ2v) is 5.83. The second-order valence-electron chi connectivity index (χ2n) is 3.36. The molecule has 1 rings (SSSR count). The molecule has 78 valence electrons. The average Bonchev–Trinajstić information content (AvgIpc) is 2.10. The minimum Gasteiger partial charge on any atom is -0.179 e. The van der Waals surface area contributed by atoms with Crippen LogP contribution in [0.5, 0.6) is 0 Å². The summed E-state index contributed by atoms with van der Waals surface area (Å²) in [5.41, 5.74) is 1.24. The quantitative estimate of drug-likeness (QED) is 0.610. The Balaban J connectivity index is 2.95. The fourth-order valence-electron chi connectivity index (χ4n) is 1.26. The van der Waals surface area contributed by atoms with Crippen LogP contribution in [-0.2, 0) is 6.42 Å². The molecule has 0 atom stereocenters. The van der Waals surface area contributed by atoms with Gasteiger partial charge >= 0.3 is 0 Å². The van der Waals surface area contributed by atoms with Gasteiger partial charge in [0.25, 0.3) is 0 Å². The number of benzene rings is 1. The summed E-state index contributed by atoms with van der Waals surface area (Å²) in [6, 6.07) is 6.09. The number of thiol groups is 1. The minimum atomic E-state index is 0.590. The van der Waals surface area contributed by atoms with Crippen molar-refractivity contribution in [3.05, 3.63) is 28.8 Å². The Morgan fingerprint density at radius 2 is 2.14 bits per heavy atom. The maximum Gasteiger partial charge on any atom is 0.0449 e. The fraction of sp³-hybridized carbons (Fsp3) is 0.455. The topological polar surface area (TPSA) is 0 Å². The van der Waals surface area contributed by atoms with Crippen molar-refractivity contribution < 1.29 is 0 Å². The lowest BCUT2D eigenvalue weighted by molar-refractivity contribution is 1.07. The third-order valence-electron chi connectivity index (χ3n) is 1.80. The van der Waals surface area contributed by atoms with Crippen molar-refractivity contribution in [2.45, 2.75) is 30.4 Å². The molecule has 0 nitrogen and oxygen atoms in total. The van der Waals surface area contributed by atoms with Crippen molar-refractivity contribution in [1.29, 1.82) is 0 Å². The summed E-state index contributed by atoms with van der Waals surface area (Å²) in [6.45, 7) is 4.38. The first kappa shape index (κ1) is 12.3. The predicted octanol–water partition coefficient (Wildman–Crippen LogP) is 4.31. The van der Waals surface area contributed by atoms with E-state index in [2.05, 4.69) is 32.5 Å². The molecule has 0 aromatic heterocycles. The number of thioether (sulfide) groups is 1. The highest BCUT2D eigenvalue weighted by molar-refractivity contribution is 8.00. The highest BCUT2D eigenvalue weighted by atomic mass is 35.5. The van der Waals surface area contributed by atoms with Gasteiger partial charge in [-0.15, -0.1) is 11.8 Å². The van der Waals surface area contributed by atoms with E-state index in [9.17, 15) is 0 Å². The summed E-state index contributed by atoms with van der Waals surface area (Å²) in [5.74, 6) is 0.843. The monoisotopic (exact) mass is 246 g/mol. The van der Waals surface area contributed by atoms with Gasteiger partial charge in [0.05, 0.1) is 0 Å². The first-order valence-electron chi connectivity index (χ1n) is 4.70. The van der Waals surface area contributed by atoms with Crippen LogP contribution in [0.1, 0.15) is 19.4 Å². The maximum atomic E-state index is 6.14. The SMILES string of the molecule is CC(C)Sc1cccc(Cl)c1CCS. The molecule has 0 saturated carbocycles. The largest absolute Gasteiger partial charge is 0.179 e. The Morgan fingerprint density at radius 1 is 1.43 bits per heavy atom. The lowest BCUT2D eigenvalue weighted by Gasteiger charge is -2.11. The van der Waals surface area contributed by atoms with E-state index in [0.717, 1.165) is 17.2 Å². The first-order valence-corrected chi connectivity index (χ1v) is 6.59. The highest BCUT2D eigenvalue weighted by Crippen LogP contribution is 2.31. The summed E-state index contributed by atoms with van der Waals surface area (Å²) in [7, 11) is 0. The van der Waals surface area contributed by atoms with Gasteiger partial charge in [-0.25, -0.2) is 0 Å². The highest BCUT2D eigenvalue weighted by Gasteiger charge is 2.07. The van der Waals surface area contributed by atoms with E-state index in [0.29, 0.717) is 5.25 Å². The van der Waals surface area contributed by atoms with Crippen molar-refractivity contribution in [2.24, 2.45) is 0 Å². The Kier molecular flexibility index (Phi) is 5.21. The molecule has 0 saturated heterocycles. The van der Waals surface area contributed by atoms with Gasteiger partial charge in [0, 0.05) is 15.2 Å². The molecule has 0 spiro atoms. The van der Waals surface area contributed by atoms with Gasteiger partial charge < -0.3 is 0 Å². The van der Waals surface area contributed by atoms with Crippen LogP contribution in [0.15, 0.2) is 23.1 Å². The van der Waals surface area contributed by atoms with Crippen molar-refractivity contribution in [3.8, 4) is 0 Å². The summed E-state index contributed by atoms with van der Waals surface area (Å²) < 4.78 is 0. The summed E-state index contributed by atoms with van der Waals surface area (Å²) in [6.07, 6.45) is 0.942. The third kappa shape index (κ3) is 3.41. The molecule has 0 amide bonds. The molecule has 14 heavy (non-hydrogen) atoms. The maximum absolute atomic E-state index is 6.14. The number of hydrogen-bond donors (Lipinski definition) is 1. The van der Waals surface area contributed by atoms with E-state index >= 15 is 0 Å². The van der Waals surface area contributed by atoms with Crippen molar-refractivity contribution in [2.75, 3.05) is 5.75 Å². The second kappa shape index (κ2) is 5.94. The van der Waals surface area contributed by atoms with Crippen LogP contribution >= 0.6 is 36.0 Å². The summed E-state index contributed by atoms with van der Waals surface area (Å²) >= 11 is 12.3. The molecule has 0 unspecified atom stereocenters. The van der Waals surface area contributed by atoms with Crippen LogP contribution in [0.25, 0.3) is 0 Å². The Labute approximate surface area is 101 Å². The molecule has 0 bridgehead atoms. The summed E-state index contributed by atoms with van der Waals surface area (Å²) in [5, 5.41) is 1.46. The lowest BCUT2D eigenvalue weighted by atomic mass is 10.2. The molecule has 0 radical (unpaired) electrons. The number of halogens is 1. The van der Waals surface area contributed by atoms with Crippen molar-refractivity contribution in [1.82, 2.24) is 0 Å². The molecule has 0 N–H and O–H groups in total. The molecule has 0 aliphatic rings. The van der Waals surface area contributed by atoms with Gasteiger partial charge in [-0.2, -0.15) is 12.6 Å². The number of rotatable bonds is 4. The van der Waals surface area contributed by atoms with Gasteiger partial charge in [0.15, 0.2) is 0 Å². The van der Waals surface area contributed by atoms with Crippen molar-refractivity contribution >= 4 is 36.0 Å². The van der Waals surface area contributed by atoms with Crippen LogP contribution in [0.2, 0.25) is 5.02 Å². The average molecular weight is 247 g/mol. The van der Waals surface area contributed by atoms with E-state index in [1.54, 1.807) is 0 Å². The predicted molar refractivity (Wildman–Crippen MR) is 70.0 cm³/mol. The van der Waals surface area contributed by atoms with Crippen LogP contribution in [0.4, 0.5) is 0 Å². The molecular weight excluding hydrogens is 232 g/mol. The smallest absolute Gasteiger partial charge is 0.0449 e. The van der Waals surface area contributed by atoms with Crippen molar-refractivity contribution in [3.63, 3.8) is 0 Å². The van der Waals surface area contributed by atoms with E-state index < -0.39 is 0 Å². The van der Waals surface area contributed by atoms with Gasteiger partial charge in [-0.3, -0.25) is 0 Å². The van der Waals surface area contributed by atoms with Crippen LogP contribution in [0, 0.1) is 0 Å². The molecule has 0 heterocycles. The molecule has 0 aliphatic heterocycles. The van der Waals surface area contributed by atoms with E-state index in [1.165, 1.54) is 10.5 Å². The first-order chi connectivity index (χ1) is 6.65. The van der Waals surface area contributed by atoms with Gasteiger partial charge in [-0.1, -0.05) is 31.5 Å². The normalized spacial score (nSPS) is 10.9. The third-order valence-corrected chi connectivity index (χ3v) is 3.49. The Bertz CT molecular complexity index is 297. The van der Waals surface area contributed by atoms with Gasteiger partial charge in [-0.05, 0) is 29.9 Å². The summed E-state index contributed by atoms with van der Waals surface area (Å²) in [4.78, 5) is 1.29. The lowest BCUT2D eigenvalue weighted by Crippen LogP contribution is -1.94. The Morgan fingerprint density at radius 3 is 2.71 bits per heavy atom.